The minimum Gasteiger partial charge on any atom is -0.546 e. The number of carboxylic acids is 1. The molecule has 1 heterocycles. The maximum Gasteiger partial charge on any atom is 1.00 e. The molecular formula is C16H13FLiNO5S. The van der Waals surface area contributed by atoms with Gasteiger partial charge in [0.1, 0.15) is 17.7 Å². The second-order valence-corrected chi connectivity index (χ2v) is 7.00. The van der Waals surface area contributed by atoms with Crippen LogP contribution < -0.4 is 33.4 Å². The van der Waals surface area contributed by atoms with Crippen molar-refractivity contribution in [1.29, 1.82) is 0 Å². The maximum atomic E-state index is 12.9. The Kier molecular flexibility index (Phi) is 5.78. The molecule has 1 unspecified atom stereocenters. The van der Waals surface area contributed by atoms with Crippen molar-refractivity contribution in [2.45, 2.75) is 23.8 Å². The van der Waals surface area contributed by atoms with Gasteiger partial charge < -0.3 is 14.6 Å². The summed E-state index contributed by atoms with van der Waals surface area (Å²) in [6, 6.07) is 9.20. The fourth-order valence-electron chi connectivity index (χ4n) is 2.47. The van der Waals surface area contributed by atoms with Crippen LogP contribution in [0.1, 0.15) is 12.0 Å². The van der Waals surface area contributed by atoms with E-state index in [4.69, 9.17) is 4.74 Å². The number of fused-ring (bicyclic) bond motifs is 1. The van der Waals surface area contributed by atoms with Crippen LogP contribution in [0.5, 0.6) is 5.75 Å². The fraction of sp³-hybridized carbons (Fsp3) is 0.188. The van der Waals surface area contributed by atoms with Crippen molar-refractivity contribution in [2.24, 2.45) is 0 Å². The van der Waals surface area contributed by atoms with E-state index >= 15 is 0 Å². The second-order valence-electron chi connectivity index (χ2n) is 5.32. The fourth-order valence-corrected chi connectivity index (χ4v) is 3.53. The number of carbonyl (C=O) groups excluding carboxylic acids is 1. The molecule has 0 fully saturated rings. The van der Waals surface area contributed by atoms with Crippen molar-refractivity contribution >= 4 is 21.7 Å². The number of aryl methyl sites for hydroxylation is 1. The van der Waals surface area contributed by atoms with Gasteiger partial charge in [-0.1, -0.05) is 12.1 Å². The number of carbonyl (C=O) groups is 1. The predicted octanol–water partition coefficient (Wildman–Crippen LogP) is -1.93. The van der Waals surface area contributed by atoms with Gasteiger partial charge in [0.05, 0.1) is 16.6 Å². The van der Waals surface area contributed by atoms with Crippen molar-refractivity contribution in [3.63, 3.8) is 0 Å². The van der Waals surface area contributed by atoms with Crippen molar-refractivity contribution in [1.82, 2.24) is 0 Å². The predicted molar refractivity (Wildman–Crippen MR) is 81.4 cm³/mol. The van der Waals surface area contributed by atoms with Crippen LogP contribution in [0, 0.1) is 5.82 Å². The molecule has 0 aromatic heterocycles. The third kappa shape index (κ3) is 4.15. The van der Waals surface area contributed by atoms with E-state index in [-0.39, 0.29) is 41.6 Å². The third-order valence-electron chi connectivity index (χ3n) is 3.66. The first kappa shape index (κ1) is 19.3. The Hall–Kier alpha value is -2.01. The first-order chi connectivity index (χ1) is 11.4. The zero-order valence-corrected chi connectivity index (χ0v) is 14.2. The van der Waals surface area contributed by atoms with Crippen LogP contribution in [0.3, 0.4) is 0 Å². The zero-order chi connectivity index (χ0) is 17.3. The van der Waals surface area contributed by atoms with Gasteiger partial charge in [-0.2, -0.15) is 0 Å². The first-order valence-corrected chi connectivity index (χ1v) is 8.63. The molecule has 1 atom stereocenters. The molecule has 1 N–H and O–H groups in total. The van der Waals surface area contributed by atoms with Crippen molar-refractivity contribution in [3.05, 3.63) is 53.8 Å². The molecule has 0 saturated heterocycles. The van der Waals surface area contributed by atoms with Crippen LogP contribution in [-0.4, -0.2) is 20.5 Å². The summed E-state index contributed by atoms with van der Waals surface area (Å²) in [5, 5.41) is 11.0. The Bertz CT molecular complexity index is 886. The van der Waals surface area contributed by atoms with Crippen LogP contribution in [0.15, 0.2) is 47.4 Å². The number of benzene rings is 2. The summed E-state index contributed by atoms with van der Waals surface area (Å²) in [6.45, 7) is 0. The number of nitrogens with one attached hydrogen (secondary N) is 1. The molecule has 126 valence electrons. The number of sulfonamides is 1. The van der Waals surface area contributed by atoms with E-state index < -0.39 is 27.9 Å². The molecule has 2 aromatic rings. The minimum absolute atomic E-state index is 0. The van der Waals surface area contributed by atoms with Crippen LogP contribution >= 0.6 is 0 Å². The van der Waals surface area contributed by atoms with Gasteiger partial charge in [-0.25, -0.2) is 12.8 Å². The van der Waals surface area contributed by atoms with Gasteiger partial charge in [-0.05, 0) is 48.7 Å². The number of hydrogen-bond donors (Lipinski definition) is 1. The Morgan fingerprint density at radius 1 is 1.20 bits per heavy atom. The Morgan fingerprint density at radius 2 is 1.88 bits per heavy atom. The molecule has 0 radical (unpaired) electrons. The van der Waals surface area contributed by atoms with E-state index in [0.717, 1.165) is 24.3 Å². The summed E-state index contributed by atoms with van der Waals surface area (Å²) in [7, 11) is -3.96. The number of para-hydroxylation sites is 1. The molecular weight excluding hydrogens is 344 g/mol. The number of carboxylic acid groups (broad SMARTS) is 1. The van der Waals surface area contributed by atoms with Crippen LogP contribution in [0.25, 0.3) is 0 Å². The van der Waals surface area contributed by atoms with Crippen LogP contribution in [0.2, 0.25) is 0 Å². The van der Waals surface area contributed by atoms with Gasteiger partial charge in [-0.3, -0.25) is 4.72 Å². The average molecular weight is 357 g/mol. The molecule has 0 aliphatic carbocycles. The van der Waals surface area contributed by atoms with Crippen molar-refractivity contribution < 1.29 is 46.3 Å². The molecule has 0 saturated carbocycles. The van der Waals surface area contributed by atoms with Gasteiger partial charge in [0.2, 0.25) is 0 Å². The topological polar surface area (TPSA) is 95.5 Å². The van der Waals surface area contributed by atoms with Gasteiger partial charge in [0.25, 0.3) is 10.0 Å². The van der Waals surface area contributed by atoms with Crippen LogP contribution in [-0.2, 0) is 21.2 Å². The molecule has 1 aliphatic rings. The Balaban J connectivity index is 0.00000225. The van der Waals surface area contributed by atoms with E-state index in [2.05, 4.69) is 4.72 Å². The van der Waals surface area contributed by atoms with Crippen molar-refractivity contribution in [2.75, 3.05) is 4.72 Å². The van der Waals surface area contributed by atoms with Gasteiger partial charge in [0.15, 0.2) is 0 Å². The number of rotatable bonds is 4. The summed E-state index contributed by atoms with van der Waals surface area (Å²) in [5.74, 6) is -1.73. The number of anilines is 1. The molecule has 0 spiro atoms. The van der Waals surface area contributed by atoms with E-state index in [1.807, 2.05) is 0 Å². The molecule has 25 heavy (non-hydrogen) atoms. The summed E-state index contributed by atoms with van der Waals surface area (Å²) in [5.41, 5.74) is 0.828. The Morgan fingerprint density at radius 3 is 2.52 bits per heavy atom. The SMILES string of the molecule is O=C([O-])C1CCc2cccc(NS(=O)(=O)c3ccc(F)cc3)c2O1.[Li+]. The number of halogens is 1. The van der Waals surface area contributed by atoms with Gasteiger partial charge >= 0.3 is 18.9 Å². The quantitative estimate of drug-likeness (QED) is 0.644. The average Bonchev–Trinajstić information content (AvgIpc) is 2.55. The first-order valence-electron chi connectivity index (χ1n) is 7.14. The third-order valence-corrected chi connectivity index (χ3v) is 5.05. The van der Waals surface area contributed by atoms with E-state index in [1.165, 1.54) is 6.07 Å². The molecule has 2 aromatic carbocycles. The minimum atomic E-state index is -3.96. The second kappa shape index (κ2) is 7.48. The molecule has 3 rings (SSSR count). The maximum absolute atomic E-state index is 12.9. The van der Waals surface area contributed by atoms with E-state index in [1.54, 1.807) is 12.1 Å². The monoisotopic (exact) mass is 357 g/mol. The normalized spacial score (nSPS) is 16.1. The largest absolute Gasteiger partial charge is 1.00 e. The van der Waals surface area contributed by atoms with E-state index in [0.29, 0.717) is 12.0 Å². The van der Waals surface area contributed by atoms with Gasteiger partial charge in [0, 0.05) is 0 Å². The van der Waals surface area contributed by atoms with Crippen LogP contribution in [0.4, 0.5) is 10.1 Å². The standard InChI is InChI=1S/C16H14FNO5S.Li/c17-11-5-7-12(8-6-11)24(21,22)18-13-3-1-2-10-4-9-14(16(19)20)23-15(10)13;/h1-3,5-8,14,18H,4,9H2,(H,19,20);/q;+1/p-1. The summed E-state index contributed by atoms with van der Waals surface area (Å²) >= 11 is 0. The summed E-state index contributed by atoms with van der Waals surface area (Å²) < 4.78 is 45.5. The van der Waals surface area contributed by atoms with Gasteiger partial charge in [-0.15, -0.1) is 0 Å². The summed E-state index contributed by atoms with van der Waals surface area (Å²) in [4.78, 5) is 10.9. The smallest absolute Gasteiger partial charge is 0.546 e. The summed E-state index contributed by atoms with van der Waals surface area (Å²) in [6.07, 6.45) is -0.446. The zero-order valence-electron chi connectivity index (χ0n) is 13.4. The molecule has 0 bridgehead atoms. The number of ether oxygens (including phenoxy) is 1. The number of hydrogen-bond acceptors (Lipinski definition) is 5. The molecule has 9 heteroatoms. The molecule has 0 amide bonds. The molecule has 6 nitrogen and oxygen atoms in total. The number of aliphatic carboxylic acids is 1. The molecule has 1 aliphatic heterocycles. The van der Waals surface area contributed by atoms with Crippen molar-refractivity contribution in [3.8, 4) is 5.75 Å². The van der Waals surface area contributed by atoms with E-state index in [9.17, 15) is 22.7 Å². The Labute approximate surface area is 156 Å².